The van der Waals surface area contributed by atoms with Crippen LogP contribution in [0.5, 0.6) is 0 Å². The summed E-state index contributed by atoms with van der Waals surface area (Å²) in [6.45, 7) is 6.09. The third-order valence-electron chi connectivity index (χ3n) is 8.03. The fourth-order valence-electron chi connectivity index (χ4n) is 5.55. The number of thiophene rings is 1. The van der Waals surface area contributed by atoms with E-state index >= 15 is 0 Å². The van der Waals surface area contributed by atoms with Crippen LogP contribution in [0.4, 0.5) is 0 Å². The number of aryl methyl sites for hydroxylation is 2. The molecule has 0 spiro atoms. The maximum Gasteiger partial charge on any atom is 0.244 e. The van der Waals surface area contributed by atoms with Crippen LogP contribution in [0.25, 0.3) is 5.00 Å². The van der Waals surface area contributed by atoms with Crippen molar-refractivity contribution >= 4 is 46.2 Å². The quantitative estimate of drug-likeness (QED) is 0.201. The fraction of sp³-hybridized carbons (Fsp3) is 0.273. The minimum absolute atomic E-state index is 0.0701. The molecular formula is C33H31ClN6O3S. The number of carbonyl (C=O) groups is 3. The van der Waals surface area contributed by atoms with Crippen molar-refractivity contribution in [3.8, 4) is 5.00 Å². The van der Waals surface area contributed by atoms with Gasteiger partial charge in [0.05, 0.1) is 12.1 Å². The maximum absolute atomic E-state index is 13.3. The van der Waals surface area contributed by atoms with Gasteiger partial charge in [-0.2, -0.15) is 0 Å². The third kappa shape index (κ3) is 6.00. The van der Waals surface area contributed by atoms with Crippen molar-refractivity contribution in [3.63, 3.8) is 0 Å². The zero-order valence-electron chi connectivity index (χ0n) is 24.5. The number of nitrogens with zero attached hydrogens (tertiary/aromatic N) is 4. The molecule has 1 fully saturated rings. The number of aliphatic imine (C=N–C) groups is 1. The van der Waals surface area contributed by atoms with Crippen LogP contribution in [0.1, 0.15) is 68.9 Å². The first kappa shape index (κ1) is 29.7. The predicted octanol–water partition coefficient (Wildman–Crippen LogP) is 5.39. The second-order valence-electron chi connectivity index (χ2n) is 11.1. The zero-order valence-corrected chi connectivity index (χ0v) is 26.1. The number of allylic oxidation sites excluding steroid dienone is 1. The molecule has 224 valence electrons. The molecule has 44 heavy (non-hydrogen) atoms. The second kappa shape index (κ2) is 12.3. The summed E-state index contributed by atoms with van der Waals surface area (Å²) in [4.78, 5) is 44.2. The molecule has 0 radical (unpaired) electrons. The Morgan fingerprint density at radius 1 is 0.955 bits per heavy atom. The smallest absolute Gasteiger partial charge is 0.244 e. The highest BCUT2D eigenvalue weighted by Gasteiger charge is 2.35. The minimum atomic E-state index is -0.552. The van der Waals surface area contributed by atoms with E-state index < -0.39 is 6.04 Å². The van der Waals surface area contributed by atoms with Crippen molar-refractivity contribution < 1.29 is 14.4 Å². The fourth-order valence-corrected chi connectivity index (χ4v) is 6.89. The summed E-state index contributed by atoms with van der Waals surface area (Å²) in [5, 5.41) is 16.4. The normalized spacial score (nSPS) is 18.9. The van der Waals surface area contributed by atoms with Crippen LogP contribution in [-0.2, 0) is 9.59 Å². The van der Waals surface area contributed by atoms with Gasteiger partial charge < -0.3 is 10.6 Å². The maximum atomic E-state index is 13.3. The van der Waals surface area contributed by atoms with E-state index in [0.29, 0.717) is 29.3 Å². The lowest BCUT2D eigenvalue weighted by atomic mass is 9.86. The predicted molar refractivity (Wildman–Crippen MR) is 171 cm³/mol. The van der Waals surface area contributed by atoms with Crippen LogP contribution < -0.4 is 10.6 Å². The summed E-state index contributed by atoms with van der Waals surface area (Å²) in [7, 11) is 0. The molecule has 1 atom stereocenters. The summed E-state index contributed by atoms with van der Waals surface area (Å²) >= 11 is 7.86. The van der Waals surface area contributed by atoms with Gasteiger partial charge in [0.2, 0.25) is 11.8 Å². The number of hydrogen-bond acceptors (Lipinski definition) is 7. The van der Waals surface area contributed by atoms with Gasteiger partial charge in [0, 0.05) is 44.7 Å². The summed E-state index contributed by atoms with van der Waals surface area (Å²) in [6.07, 6.45) is 3.83. The van der Waals surface area contributed by atoms with Gasteiger partial charge in [-0.05, 0) is 57.4 Å². The first-order valence-corrected chi connectivity index (χ1v) is 15.6. The summed E-state index contributed by atoms with van der Waals surface area (Å²) < 4.78 is 2.02. The van der Waals surface area contributed by atoms with Gasteiger partial charge in [-0.15, -0.1) is 21.5 Å². The van der Waals surface area contributed by atoms with E-state index in [1.807, 2.05) is 41.8 Å². The molecule has 2 amide bonds. The van der Waals surface area contributed by atoms with E-state index in [4.69, 9.17) is 16.6 Å². The molecule has 0 saturated heterocycles. The topological polar surface area (TPSA) is 118 Å². The number of hydrogen-bond donors (Lipinski definition) is 2. The Morgan fingerprint density at radius 2 is 1.66 bits per heavy atom. The molecule has 2 aromatic carbocycles. The molecule has 6 rings (SSSR count). The lowest BCUT2D eigenvalue weighted by Gasteiger charge is -2.36. The number of nitrogens with one attached hydrogen (secondary N) is 2. The molecule has 2 aliphatic rings. The zero-order chi connectivity index (χ0) is 31.0. The van der Waals surface area contributed by atoms with E-state index in [9.17, 15) is 14.4 Å². The number of amides is 2. The molecule has 0 bridgehead atoms. The Hall–Kier alpha value is -4.41. The summed E-state index contributed by atoms with van der Waals surface area (Å²) in [5.41, 5.74) is 4.38. The molecule has 1 saturated carbocycles. The van der Waals surface area contributed by atoms with Crippen LogP contribution in [0.3, 0.4) is 0 Å². The van der Waals surface area contributed by atoms with E-state index in [1.54, 1.807) is 35.6 Å². The lowest BCUT2D eigenvalue weighted by molar-refractivity contribution is -0.123. The van der Waals surface area contributed by atoms with Crippen molar-refractivity contribution in [2.24, 2.45) is 4.99 Å². The largest absolute Gasteiger partial charge is 0.353 e. The van der Waals surface area contributed by atoms with Crippen molar-refractivity contribution in [2.75, 3.05) is 0 Å². The third-order valence-corrected chi connectivity index (χ3v) is 9.47. The molecule has 9 nitrogen and oxygen atoms in total. The molecule has 1 aliphatic heterocycles. The molecular weight excluding hydrogens is 596 g/mol. The van der Waals surface area contributed by atoms with Crippen LogP contribution in [-0.4, -0.2) is 50.2 Å². The number of halogens is 1. The Labute approximate surface area is 264 Å². The Balaban J connectivity index is 1.13. The van der Waals surface area contributed by atoms with E-state index in [2.05, 4.69) is 34.7 Å². The lowest BCUT2D eigenvalue weighted by Crippen LogP contribution is -2.53. The van der Waals surface area contributed by atoms with Gasteiger partial charge in [-0.1, -0.05) is 54.1 Å². The van der Waals surface area contributed by atoms with Gasteiger partial charge in [0.25, 0.3) is 0 Å². The average molecular weight is 627 g/mol. The SMILES string of the molecule is Cc1sc2c(c1C)C(c1ccc(Cl)cc1)=N[C@@H](CC(=O)N[C@H]1C[C@H](NC(=O)/C=C/C(=O)c3ccccc3)C1)c1nnc(C)n1-2. The molecule has 2 N–H and O–H groups in total. The monoisotopic (exact) mass is 626 g/mol. The van der Waals surface area contributed by atoms with Crippen molar-refractivity contribution in [2.45, 2.75) is 58.2 Å². The number of benzene rings is 2. The number of aromatic nitrogens is 3. The molecule has 3 heterocycles. The van der Waals surface area contributed by atoms with Gasteiger partial charge in [0.1, 0.15) is 16.9 Å². The number of ketones is 1. The number of fused-ring (bicyclic) bond motifs is 3. The first-order chi connectivity index (χ1) is 21.2. The molecule has 2 aromatic heterocycles. The van der Waals surface area contributed by atoms with Gasteiger partial charge in [-0.25, -0.2) is 0 Å². The van der Waals surface area contributed by atoms with Gasteiger partial charge >= 0.3 is 0 Å². The van der Waals surface area contributed by atoms with Crippen molar-refractivity contribution in [3.05, 3.63) is 111 Å². The standard InChI is InChI=1S/C33H31ClN6O3S/c1-18-19(2)44-33-30(18)31(22-9-11-23(34)12-10-22)37-26(32-39-38-20(3)40(32)33)17-29(43)36-25-15-24(16-25)35-28(42)14-13-27(41)21-7-5-4-6-8-21/h4-14,24-26H,15-17H2,1-3H3,(H,35,42)(H,36,43)/b14-13+/t24-,25-,26-/m0/s1. The summed E-state index contributed by atoms with van der Waals surface area (Å²) in [6, 6.07) is 15.7. The number of carbonyl (C=O) groups excluding carboxylic acids is 3. The highest BCUT2D eigenvalue weighted by atomic mass is 35.5. The second-order valence-corrected chi connectivity index (χ2v) is 12.8. The first-order valence-electron chi connectivity index (χ1n) is 14.4. The Morgan fingerprint density at radius 3 is 2.39 bits per heavy atom. The molecule has 11 heteroatoms. The van der Waals surface area contributed by atoms with Crippen LogP contribution in [0.2, 0.25) is 5.02 Å². The van der Waals surface area contributed by atoms with Crippen LogP contribution >= 0.6 is 22.9 Å². The van der Waals surface area contributed by atoms with E-state index in [1.165, 1.54) is 17.0 Å². The van der Waals surface area contributed by atoms with E-state index in [-0.39, 0.29) is 36.1 Å². The highest BCUT2D eigenvalue weighted by Crippen LogP contribution is 2.39. The molecule has 0 unspecified atom stereocenters. The summed E-state index contributed by atoms with van der Waals surface area (Å²) in [5.74, 6) is 0.644. The molecule has 4 aromatic rings. The Kier molecular flexibility index (Phi) is 8.29. The van der Waals surface area contributed by atoms with Gasteiger partial charge in [-0.3, -0.25) is 23.9 Å². The van der Waals surface area contributed by atoms with Crippen LogP contribution in [0, 0.1) is 20.8 Å². The van der Waals surface area contributed by atoms with Crippen LogP contribution in [0.15, 0.2) is 71.7 Å². The average Bonchev–Trinajstić information content (AvgIpc) is 3.47. The molecule has 1 aliphatic carbocycles. The van der Waals surface area contributed by atoms with Crippen molar-refractivity contribution in [1.29, 1.82) is 0 Å². The Bertz CT molecular complexity index is 1800. The van der Waals surface area contributed by atoms with Crippen molar-refractivity contribution in [1.82, 2.24) is 25.4 Å². The van der Waals surface area contributed by atoms with Gasteiger partial charge in [0.15, 0.2) is 11.6 Å². The highest BCUT2D eigenvalue weighted by molar-refractivity contribution is 7.15. The minimum Gasteiger partial charge on any atom is -0.353 e. The number of rotatable bonds is 8. The van der Waals surface area contributed by atoms with E-state index in [0.717, 1.165) is 33.2 Å².